The van der Waals surface area contributed by atoms with Crippen LogP contribution in [0.3, 0.4) is 0 Å². The van der Waals surface area contributed by atoms with Gasteiger partial charge in [-0.15, -0.1) is 0 Å². The van der Waals surface area contributed by atoms with Crippen LogP contribution in [-0.2, 0) is 10.2 Å². The van der Waals surface area contributed by atoms with Gasteiger partial charge in [-0.3, -0.25) is 14.9 Å². The molecule has 1 amide bonds. The molecule has 2 N–H and O–H groups in total. The number of aryl methyl sites for hydroxylation is 1. The molecule has 0 radical (unpaired) electrons. The maximum Gasteiger partial charge on any atom is 0.235 e. The highest BCUT2D eigenvalue weighted by molar-refractivity contribution is 6.09. The van der Waals surface area contributed by atoms with Crippen LogP contribution in [0.15, 0.2) is 60.8 Å². The molecule has 3 heterocycles. The topological polar surface area (TPSA) is 70.7 Å². The van der Waals surface area contributed by atoms with Gasteiger partial charge in [-0.25, -0.2) is 0 Å². The minimum atomic E-state index is -0.410. The van der Waals surface area contributed by atoms with Crippen molar-refractivity contribution in [3.63, 3.8) is 0 Å². The Balaban J connectivity index is 1.32. The SMILES string of the molecule is Cc1cc(/C=C/c2n[nH]c3cc(C4CC45C(=O)Nc4ccccc45)ccc23)ccn1. The number of carbonyl (C=O) groups is 1. The molecule has 6 rings (SSSR count). The van der Waals surface area contributed by atoms with Crippen molar-refractivity contribution in [3.8, 4) is 0 Å². The normalized spacial score (nSPS) is 22.0. The molecule has 2 atom stereocenters. The molecule has 0 bridgehead atoms. The van der Waals surface area contributed by atoms with Gasteiger partial charge in [0.25, 0.3) is 0 Å². The van der Waals surface area contributed by atoms with E-state index in [0.29, 0.717) is 0 Å². The quantitative estimate of drug-likeness (QED) is 0.525. The maximum absolute atomic E-state index is 12.8. The highest BCUT2D eigenvalue weighted by Crippen LogP contribution is 2.64. The number of hydrogen-bond donors (Lipinski definition) is 2. The van der Waals surface area contributed by atoms with Crippen LogP contribution in [0.1, 0.15) is 40.4 Å². The van der Waals surface area contributed by atoms with Gasteiger partial charge in [0, 0.05) is 28.9 Å². The molecule has 2 aliphatic rings. The van der Waals surface area contributed by atoms with Crippen molar-refractivity contribution >= 4 is 34.6 Å². The summed E-state index contributed by atoms with van der Waals surface area (Å²) in [5.41, 5.74) is 6.83. The number of rotatable bonds is 3. The number of nitrogens with one attached hydrogen (secondary N) is 2. The van der Waals surface area contributed by atoms with E-state index in [4.69, 9.17) is 0 Å². The van der Waals surface area contributed by atoms with Crippen LogP contribution >= 0.6 is 0 Å². The summed E-state index contributed by atoms with van der Waals surface area (Å²) in [5, 5.41) is 11.8. The molecule has 1 aliphatic carbocycles. The van der Waals surface area contributed by atoms with Gasteiger partial charge >= 0.3 is 0 Å². The first-order chi connectivity index (χ1) is 14.6. The zero-order valence-corrected chi connectivity index (χ0v) is 16.5. The highest BCUT2D eigenvalue weighted by atomic mass is 16.2. The number of benzene rings is 2. The molecule has 2 aromatic heterocycles. The van der Waals surface area contributed by atoms with Crippen molar-refractivity contribution in [2.75, 3.05) is 5.32 Å². The minimum Gasteiger partial charge on any atom is -0.325 e. The number of hydrogen-bond acceptors (Lipinski definition) is 3. The number of pyridine rings is 1. The predicted octanol–water partition coefficient (Wildman–Crippen LogP) is 4.81. The summed E-state index contributed by atoms with van der Waals surface area (Å²) >= 11 is 0. The van der Waals surface area contributed by atoms with Crippen LogP contribution in [0, 0.1) is 6.92 Å². The fourth-order valence-electron chi connectivity index (χ4n) is 4.80. The van der Waals surface area contributed by atoms with Crippen molar-refractivity contribution in [1.29, 1.82) is 0 Å². The summed E-state index contributed by atoms with van der Waals surface area (Å²) in [6.45, 7) is 1.98. The Hall–Kier alpha value is -3.73. The number of anilines is 1. The molecule has 0 saturated heterocycles. The van der Waals surface area contributed by atoms with E-state index in [9.17, 15) is 4.79 Å². The number of carbonyl (C=O) groups excluding carboxylic acids is 1. The first-order valence-corrected chi connectivity index (χ1v) is 10.1. The van der Waals surface area contributed by atoms with Gasteiger partial charge in [-0.1, -0.05) is 36.4 Å². The third-order valence-corrected chi connectivity index (χ3v) is 6.40. The van der Waals surface area contributed by atoms with Crippen molar-refractivity contribution in [3.05, 3.63) is 88.9 Å². The molecule has 1 saturated carbocycles. The average Bonchev–Trinajstić information content (AvgIpc) is 3.29. The third-order valence-electron chi connectivity index (χ3n) is 6.40. The molecule has 4 aromatic rings. The number of para-hydroxylation sites is 1. The Labute approximate surface area is 173 Å². The molecular weight excluding hydrogens is 372 g/mol. The van der Waals surface area contributed by atoms with Crippen molar-refractivity contribution in [2.24, 2.45) is 0 Å². The van der Waals surface area contributed by atoms with Crippen LogP contribution < -0.4 is 5.32 Å². The Morgan fingerprint density at radius 3 is 2.90 bits per heavy atom. The number of amides is 1. The van der Waals surface area contributed by atoms with Crippen molar-refractivity contribution in [1.82, 2.24) is 15.2 Å². The van der Waals surface area contributed by atoms with E-state index < -0.39 is 5.41 Å². The fourth-order valence-corrected chi connectivity index (χ4v) is 4.80. The molecule has 30 heavy (non-hydrogen) atoms. The van der Waals surface area contributed by atoms with E-state index in [1.165, 1.54) is 5.56 Å². The molecule has 146 valence electrons. The van der Waals surface area contributed by atoms with Gasteiger partial charge in [0.05, 0.1) is 16.6 Å². The number of aromatic nitrogens is 3. The smallest absolute Gasteiger partial charge is 0.235 e. The Morgan fingerprint density at radius 2 is 2.00 bits per heavy atom. The van der Waals surface area contributed by atoms with E-state index in [1.54, 1.807) is 0 Å². The maximum atomic E-state index is 12.8. The monoisotopic (exact) mass is 392 g/mol. The van der Waals surface area contributed by atoms with E-state index in [-0.39, 0.29) is 11.8 Å². The lowest BCUT2D eigenvalue weighted by molar-refractivity contribution is -0.118. The van der Waals surface area contributed by atoms with Crippen LogP contribution in [0.25, 0.3) is 23.1 Å². The van der Waals surface area contributed by atoms with E-state index in [1.807, 2.05) is 55.6 Å². The molecule has 1 aliphatic heterocycles. The zero-order chi connectivity index (χ0) is 20.3. The van der Waals surface area contributed by atoms with Crippen LogP contribution in [-0.4, -0.2) is 21.1 Å². The van der Waals surface area contributed by atoms with Crippen LogP contribution in [0.2, 0.25) is 0 Å². The predicted molar refractivity (Wildman–Crippen MR) is 118 cm³/mol. The van der Waals surface area contributed by atoms with Gasteiger partial charge in [-0.2, -0.15) is 5.10 Å². The number of fused-ring (bicyclic) bond motifs is 3. The highest BCUT2D eigenvalue weighted by Gasteiger charge is 2.65. The lowest BCUT2D eigenvalue weighted by Crippen LogP contribution is -2.20. The minimum absolute atomic E-state index is 0.120. The molecule has 5 nitrogen and oxygen atoms in total. The summed E-state index contributed by atoms with van der Waals surface area (Å²) in [6.07, 6.45) is 6.73. The van der Waals surface area contributed by atoms with Gasteiger partial charge in [0.2, 0.25) is 5.91 Å². The van der Waals surface area contributed by atoms with E-state index in [0.717, 1.165) is 45.5 Å². The molecule has 2 unspecified atom stereocenters. The van der Waals surface area contributed by atoms with Gasteiger partial charge in [-0.05, 0) is 60.4 Å². The molecule has 5 heteroatoms. The Kier molecular flexibility index (Phi) is 3.51. The molecule has 1 spiro atoms. The van der Waals surface area contributed by atoms with Crippen molar-refractivity contribution in [2.45, 2.75) is 24.7 Å². The number of aromatic amines is 1. The number of nitrogens with zero attached hydrogens (tertiary/aromatic N) is 2. The van der Waals surface area contributed by atoms with E-state index in [2.05, 4.69) is 44.8 Å². The summed E-state index contributed by atoms with van der Waals surface area (Å²) in [4.78, 5) is 17.0. The second kappa shape index (κ2) is 6.13. The molecule has 2 aromatic carbocycles. The first-order valence-electron chi connectivity index (χ1n) is 10.1. The van der Waals surface area contributed by atoms with Gasteiger partial charge in [0.15, 0.2) is 0 Å². The Morgan fingerprint density at radius 1 is 1.10 bits per heavy atom. The van der Waals surface area contributed by atoms with Crippen molar-refractivity contribution < 1.29 is 4.79 Å². The zero-order valence-electron chi connectivity index (χ0n) is 16.5. The third kappa shape index (κ3) is 2.45. The lowest BCUT2D eigenvalue weighted by Gasteiger charge is -2.08. The summed E-state index contributed by atoms with van der Waals surface area (Å²) in [6, 6.07) is 18.4. The summed E-state index contributed by atoms with van der Waals surface area (Å²) < 4.78 is 0. The molecule has 1 fully saturated rings. The number of H-pyrrole nitrogens is 1. The van der Waals surface area contributed by atoms with Crippen LogP contribution in [0.4, 0.5) is 5.69 Å². The fraction of sp³-hybridized carbons (Fsp3) is 0.160. The summed E-state index contributed by atoms with van der Waals surface area (Å²) in [5.74, 6) is 0.322. The second-order valence-electron chi connectivity index (χ2n) is 8.21. The second-order valence-corrected chi connectivity index (χ2v) is 8.21. The Bertz CT molecular complexity index is 1350. The van der Waals surface area contributed by atoms with Gasteiger partial charge < -0.3 is 5.32 Å². The largest absolute Gasteiger partial charge is 0.325 e. The average molecular weight is 392 g/mol. The van der Waals surface area contributed by atoms with Gasteiger partial charge in [0.1, 0.15) is 0 Å². The molecular formula is C25H20N4O. The van der Waals surface area contributed by atoms with E-state index >= 15 is 0 Å². The summed E-state index contributed by atoms with van der Waals surface area (Å²) in [7, 11) is 0. The van der Waals surface area contributed by atoms with Crippen LogP contribution in [0.5, 0.6) is 0 Å². The lowest BCUT2D eigenvalue weighted by atomic mass is 9.92. The first kappa shape index (κ1) is 17.2. The standard InChI is InChI=1S/C25H20N4O/c1-15-12-16(10-11-26-15)6-9-21-18-8-7-17(13-23(18)29-28-21)20-14-25(20)19-4-2-3-5-22(19)27-24(25)30/h2-13,20H,14H2,1H3,(H,27,30)(H,28,29)/b9-6+.